The molecule has 3 heteroatoms. The number of hydrogen-bond acceptors (Lipinski definition) is 2. The van der Waals surface area contributed by atoms with Crippen molar-refractivity contribution in [1.82, 2.24) is 10.2 Å². The van der Waals surface area contributed by atoms with Gasteiger partial charge in [0, 0.05) is 30.7 Å². The molecule has 0 aromatic heterocycles. The van der Waals surface area contributed by atoms with Gasteiger partial charge in [0.15, 0.2) is 0 Å². The van der Waals surface area contributed by atoms with Crippen molar-refractivity contribution in [3.05, 3.63) is 35.1 Å². The monoisotopic (exact) mass is 290 g/mol. The molecule has 1 saturated carbocycles. The van der Waals surface area contributed by atoms with Crippen LogP contribution < -0.4 is 5.32 Å². The zero-order valence-corrected chi connectivity index (χ0v) is 13.7. The van der Waals surface area contributed by atoms with Gasteiger partial charge in [-0.2, -0.15) is 0 Å². The Morgan fingerprint density at radius 1 is 1.29 bits per heavy atom. The van der Waals surface area contributed by atoms with Crippen molar-refractivity contribution in [2.75, 3.05) is 13.1 Å². The van der Waals surface area contributed by atoms with Crippen LogP contribution in [0, 0.1) is 18.7 Å². The van der Waals surface area contributed by atoms with Gasteiger partial charge in [0.2, 0.25) is 0 Å². The van der Waals surface area contributed by atoms with E-state index in [9.17, 15) is 4.39 Å². The maximum Gasteiger partial charge on any atom is 0.123 e. The van der Waals surface area contributed by atoms with Gasteiger partial charge in [-0.15, -0.1) is 0 Å². The highest BCUT2D eigenvalue weighted by Crippen LogP contribution is 2.45. The highest BCUT2D eigenvalue weighted by atomic mass is 19.1. The van der Waals surface area contributed by atoms with Gasteiger partial charge in [0.1, 0.15) is 5.82 Å². The van der Waals surface area contributed by atoms with Crippen molar-refractivity contribution < 1.29 is 4.39 Å². The Morgan fingerprint density at radius 2 is 2.00 bits per heavy atom. The molecular weight excluding hydrogens is 263 g/mol. The molecule has 1 saturated heterocycles. The normalized spacial score (nSPS) is 29.6. The molecule has 2 nitrogen and oxygen atoms in total. The third-order valence-electron chi connectivity index (χ3n) is 5.36. The van der Waals surface area contributed by atoms with Crippen molar-refractivity contribution in [2.45, 2.75) is 58.2 Å². The third-order valence-corrected chi connectivity index (χ3v) is 5.36. The number of nitrogens with one attached hydrogen (secondary N) is 1. The Bertz CT molecular complexity index is 536. The summed E-state index contributed by atoms with van der Waals surface area (Å²) in [4.78, 5) is 2.63. The van der Waals surface area contributed by atoms with Crippen LogP contribution in [0.5, 0.6) is 0 Å². The zero-order valence-electron chi connectivity index (χ0n) is 13.7. The van der Waals surface area contributed by atoms with E-state index in [1.807, 2.05) is 13.0 Å². The van der Waals surface area contributed by atoms with Crippen LogP contribution in [0.25, 0.3) is 0 Å². The summed E-state index contributed by atoms with van der Waals surface area (Å²) in [5.74, 6) is 0.670. The molecule has 1 aromatic rings. The maximum atomic E-state index is 13.3. The Labute approximate surface area is 127 Å². The second kappa shape index (κ2) is 5.06. The molecule has 1 aliphatic heterocycles. The van der Waals surface area contributed by atoms with Crippen molar-refractivity contribution >= 4 is 0 Å². The number of aryl methyl sites for hydroxylation is 1. The number of nitrogens with zero attached hydrogens (tertiary/aromatic N) is 1. The Kier molecular flexibility index (Phi) is 3.61. The van der Waals surface area contributed by atoms with Gasteiger partial charge in [0.05, 0.1) is 0 Å². The first kappa shape index (κ1) is 15.0. The molecule has 1 aromatic carbocycles. The smallest absolute Gasteiger partial charge is 0.123 e. The van der Waals surface area contributed by atoms with E-state index < -0.39 is 0 Å². The van der Waals surface area contributed by atoms with Crippen molar-refractivity contribution in [2.24, 2.45) is 5.92 Å². The van der Waals surface area contributed by atoms with Gasteiger partial charge in [-0.3, -0.25) is 4.90 Å². The van der Waals surface area contributed by atoms with E-state index in [1.165, 1.54) is 18.4 Å². The summed E-state index contributed by atoms with van der Waals surface area (Å²) in [6.07, 6.45) is 2.69. The van der Waals surface area contributed by atoms with Gasteiger partial charge in [-0.1, -0.05) is 6.07 Å². The van der Waals surface area contributed by atoms with E-state index in [4.69, 9.17) is 0 Å². The lowest BCUT2D eigenvalue weighted by atomic mass is 9.85. The molecule has 3 rings (SSSR count). The van der Waals surface area contributed by atoms with E-state index in [1.54, 1.807) is 12.1 Å². The highest BCUT2D eigenvalue weighted by Gasteiger charge is 2.49. The SMILES string of the molecule is Cc1cc(F)ccc1CN1CC(C)(C)NCC1(C)C1CC1. The number of benzene rings is 1. The van der Waals surface area contributed by atoms with Gasteiger partial charge in [-0.25, -0.2) is 4.39 Å². The predicted molar refractivity (Wildman–Crippen MR) is 84.8 cm³/mol. The molecule has 1 unspecified atom stereocenters. The average molecular weight is 290 g/mol. The van der Waals surface area contributed by atoms with Crippen molar-refractivity contribution in [1.29, 1.82) is 0 Å². The number of piperazine rings is 1. The summed E-state index contributed by atoms with van der Waals surface area (Å²) in [5, 5.41) is 3.71. The van der Waals surface area contributed by atoms with Crippen molar-refractivity contribution in [3.8, 4) is 0 Å². The first-order chi connectivity index (χ1) is 9.80. The molecule has 1 aliphatic carbocycles. The number of halogens is 1. The van der Waals surface area contributed by atoms with Gasteiger partial charge in [-0.05, 0) is 69.7 Å². The summed E-state index contributed by atoms with van der Waals surface area (Å²) in [6.45, 7) is 12.0. The second-order valence-corrected chi connectivity index (χ2v) is 7.80. The summed E-state index contributed by atoms with van der Waals surface area (Å²) in [6, 6.07) is 5.19. The Hall–Kier alpha value is -0.930. The van der Waals surface area contributed by atoms with E-state index in [2.05, 4.69) is 31.0 Å². The first-order valence-corrected chi connectivity index (χ1v) is 8.05. The molecule has 2 aliphatic rings. The molecule has 116 valence electrons. The standard InChI is InChI=1S/C18H27FN2/c1-13-9-16(19)8-5-14(13)10-21-12-17(2,3)20-11-18(21,4)15-6-7-15/h5,8-9,15,20H,6-7,10-12H2,1-4H3. The minimum Gasteiger partial charge on any atom is -0.309 e. The molecule has 0 bridgehead atoms. The van der Waals surface area contributed by atoms with Crippen LogP contribution in [0.3, 0.4) is 0 Å². The molecule has 0 amide bonds. The molecule has 21 heavy (non-hydrogen) atoms. The molecule has 1 heterocycles. The highest BCUT2D eigenvalue weighted by molar-refractivity contribution is 5.27. The molecule has 2 fully saturated rings. The van der Waals surface area contributed by atoms with Crippen LogP contribution in [0.4, 0.5) is 4.39 Å². The third kappa shape index (κ3) is 3.00. The molecular formula is C18H27FN2. The van der Waals surface area contributed by atoms with Crippen LogP contribution in [0.2, 0.25) is 0 Å². The number of hydrogen-bond donors (Lipinski definition) is 1. The van der Waals surface area contributed by atoms with E-state index in [0.717, 1.165) is 31.1 Å². The molecule has 1 N–H and O–H groups in total. The lowest BCUT2D eigenvalue weighted by Crippen LogP contribution is -2.67. The largest absolute Gasteiger partial charge is 0.309 e. The fourth-order valence-electron chi connectivity index (χ4n) is 3.63. The van der Waals surface area contributed by atoms with E-state index in [0.29, 0.717) is 0 Å². The van der Waals surface area contributed by atoms with Crippen molar-refractivity contribution in [3.63, 3.8) is 0 Å². The summed E-state index contributed by atoms with van der Waals surface area (Å²) in [5.41, 5.74) is 2.68. The summed E-state index contributed by atoms with van der Waals surface area (Å²) >= 11 is 0. The topological polar surface area (TPSA) is 15.3 Å². The lowest BCUT2D eigenvalue weighted by molar-refractivity contribution is 0.00506. The van der Waals surface area contributed by atoms with Crippen LogP contribution >= 0.6 is 0 Å². The fourth-order valence-corrected chi connectivity index (χ4v) is 3.63. The average Bonchev–Trinajstić information content (AvgIpc) is 3.22. The summed E-state index contributed by atoms with van der Waals surface area (Å²) in [7, 11) is 0. The number of rotatable bonds is 3. The Morgan fingerprint density at radius 3 is 2.62 bits per heavy atom. The second-order valence-electron chi connectivity index (χ2n) is 7.80. The molecule has 1 atom stereocenters. The van der Waals surface area contributed by atoms with Crippen LogP contribution in [0.15, 0.2) is 18.2 Å². The van der Waals surface area contributed by atoms with Crippen LogP contribution in [-0.2, 0) is 6.54 Å². The first-order valence-electron chi connectivity index (χ1n) is 8.05. The fraction of sp³-hybridized carbons (Fsp3) is 0.667. The minimum atomic E-state index is -0.137. The molecule has 0 spiro atoms. The zero-order chi connectivity index (χ0) is 15.3. The van der Waals surface area contributed by atoms with Gasteiger partial charge >= 0.3 is 0 Å². The quantitative estimate of drug-likeness (QED) is 0.917. The van der Waals surface area contributed by atoms with Crippen LogP contribution in [0.1, 0.15) is 44.7 Å². The van der Waals surface area contributed by atoms with E-state index in [-0.39, 0.29) is 16.9 Å². The molecule has 0 radical (unpaired) electrons. The van der Waals surface area contributed by atoms with Gasteiger partial charge < -0.3 is 5.32 Å². The minimum absolute atomic E-state index is 0.137. The van der Waals surface area contributed by atoms with Crippen LogP contribution in [-0.4, -0.2) is 29.1 Å². The van der Waals surface area contributed by atoms with E-state index >= 15 is 0 Å². The maximum absolute atomic E-state index is 13.3. The lowest BCUT2D eigenvalue weighted by Gasteiger charge is -2.52. The Balaban J connectivity index is 1.85. The summed E-state index contributed by atoms with van der Waals surface area (Å²) < 4.78 is 13.3. The predicted octanol–water partition coefficient (Wildman–Crippen LogP) is 3.49. The van der Waals surface area contributed by atoms with Gasteiger partial charge in [0.25, 0.3) is 0 Å².